The third kappa shape index (κ3) is 4.55. The number of ether oxygens (including phenoxy) is 1. The minimum Gasteiger partial charge on any atom is -0.472 e. The Morgan fingerprint density at radius 2 is 2.23 bits per heavy atom. The number of anilines is 1. The second-order valence-corrected chi connectivity index (χ2v) is 4.88. The molecule has 2 rings (SSSR count). The molecule has 2 amide bonds. The van der Waals surface area contributed by atoms with Crippen LogP contribution in [0, 0.1) is 17.2 Å². The first kappa shape index (κ1) is 15.9. The van der Waals surface area contributed by atoms with Crippen molar-refractivity contribution in [3.8, 4) is 11.9 Å². The molecule has 0 unspecified atom stereocenters. The highest BCUT2D eigenvalue weighted by Crippen LogP contribution is 2.18. The van der Waals surface area contributed by atoms with Crippen molar-refractivity contribution in [3.63, 3.8) is 0 Å². The third-order valence-electron chi connectivity index (χ3n) is 3.28. The number of rotatable bonds is 4. The lowest BCUT2D eigenvalue weighted by atomic mass is 9.99. The number of pyridine rings is 1. The maximum Gasteiger partial charge on any atom is 0.323 e. The molecule has 22 heavy (non-hydrogen) atoms. The van der Waals surface area contributed by atoms with Gasteiger partial charge >= 0.3 is 6.03 Å². The maximum atomic E-state index is 12.1. The zero-order chi connectivity index (χ0) is 15.9. The second-order valence-electron chi connectivity index (χ2n) is 4.88. The number of hydrogen-bond acceptors (Lipinski definition) is 4. The summed E-state index contributed by atoms with van der Waals surface area (Å²) in [5, 5.41) is 11.4. The van der Waals surface area contributed by atoms with Gasteiger partial charge in [0.25, 0.3) is 6.43 Å². The van der Waals surface area contributed by atoms with Crippen molar-refractivity contribution in [1.82, 2.24) is 9.88 Å². The molecule has 0 spiro atoms. The van der Waals surface area contributed by atoms with Crippen LogP contribution in [0.25, 0.3) is 0 Å². The summed E-state index contributed by atoms with van der Waals surface area (Å²) in [4.78, 5) is 17.6. The number of alkyl halides is 2. The minimum atomic E-state index is -2.58. The van der Waals surface area contributed by atoms with E-state index in [1.807, 2.05) is 0 Å². The fraction of sp³-hybridized carbons (Fsp3) is 0.500. The van der Waals surface area contributed by atoms with Gasteiger partial charge in [-0.1, -0.05) is 6.07 Å². The normalized spacial score (nSPS) is 15.5. The molecule has 0 atom stereocenters. The Morgan fingerprint density at radius 3 is 2.86 bits per heavy atom. The van der Waals surface area contributed by atoms with Gasteiger partial charge < -0.3 is 9.64 Å². The lowest BCUT2D eigenvalue weighted by Crippen LogP contribution is -2.40. The first-order valence-electron chi connectivity index (χ1n) is 6.92. The van der Waals surface area contributed by atoms with Gasteiger partial charge in [-0.2, -0.15) is 10.2 Å². The van der Waals surface area contributed by atoms with E-state index in [0.29, 0.717) is 25.9 Å². The van der Waals surface area contributed by atoms with Crippen LogP contribution in [0.5, 0.6) is 5.88 Å². The van der Waals surface area contributed by atoms with Crippen molar-refractivity contribution in [2.45, 2.75) is 19.3 Å². The van der Waals surface area contributed by atoms with Gasteiger partial charge in [-0.15, -0.1) is 0 Å². The smallest absolute Gasteiger partial charge is 0.323 e. The fourth-order valence-electron chi connectivity index (χ4n) is 2.11. The molecule has 1 aliphatic heterocycles. The predicted octanol–water partition coefficient (Wildman–Crippen LogP) is 2.49. The number of nitrogens with zero attached hydrogens (tertiary/aromatic N) is 3. The van der Waals surface area contributed by atoms with Crippen molar-refractivity contribution >= 4 is 11.8 Å². The molecule has 0 aliphatic carbocycles. The van der Waals surface area contributed by atoms with E-state index in [4.69, 9.17) is 10.00 Å². The Bertz CT molecular complexity index is 554. The molecular formula is C14H16F2N4O2. The van der Waals surface area contributed by atoms with Crippen LogP contribution in [0.4, 0.5) is 19.4 Å². The van der Waals surface area contributed by atoms with E-state index in [0.717, 1.165) is 0 Å². The molecule has 118 valence electrons. The molecular weight excluding hydrogens is 294 g/mol. The quantitative estimate of drug-likeness (QED) is 0.926. The molecule has 1 N–H and O–H groups in total. The van der Waals surface area contributed by atoms with Crippen LogP contribution in [0.15, 0.2) is 18.2 Å². The average Bonchev–Trinajstić information content (AvgIpc) is 2.53. The number of urea groups is 1. The minimum absolute atomic E-state index is 0.00625. The van der Waals surface area contributed by atoms with Gasteiger partial charge in [-0.25, -0.2) is 13.6 Å². The Kier molecular flexibility index (Phi) is 5.47. The maximum absolute atomic E-state index is 12.1. The number of aromatic nitrogens is 1. The molecule has 0 bridgehead atoms. The average molecular weight is 310 g/mol. The predicted molar refractivity (Wildman–Crippen MR) is 74.7 cm³/mol. The first-order chi connectivity index (χ1) is 10.6. The van der Waals surface area contributed by atoms with Gasteiger partial charge in [0.2, 0.25) is 5.88 Å². The Labute approximate surface area is 126 Å². The van der Waals surface area contributed by atoms with Crippen LogP contribution >= 0.6 is 0 Å². The molecule has 0 aromatic carbocycles. The van der Waals surface area contributed by atoms with E-state index in [9.17, 15) is 13.6 Å². The van der Waals surface area contributed by atoms with Gasteiger partial charge in [-0.3, -0.25) is 5.32 Å². The summed E-state index contributed by atoms with van der Waals surface area (Å²) >= 11 is 0. The number of carbonyl (C=O) groups excluding carboxylic acids is 1. The summed E-state index contributed by atoms with van der Waals surface area (Å²) < 4.78 is 29.0. The largest absolute Gasteiger partial charge is 0.472 e. The van der Waals surface area contributed by atoms with Crippen LogP contribution in [-0.4, -0.2) is 42.0 Å². The summed E-state index contributed by atoms with van der Waals surface area (Å²) in [7, 11) is 0. The standard InChI is InChI=1S/C14H16F2N4O2/c15-11(16)9-22-13-3-1-2-12(18-13)19-14(21)20-6-4-10(8-17)5-7-20/h1-3,10-11H,4-7,9H2,(H,18,19,21). The van der Waals surface area contributed by atoms with Crippen molar-refractivity contribution in [1.29, 1.82) is 5.26 Å². The summed E-state index contributed by atoms with van der Waals surface area (Å²) in [5.74, 6) is 0.258. The fourth-order valence-corrected chi connectivity index (χ4v) is 2.11. The van der Waals surface area contributed by atoms with Gasteiger partial charge in [0.05, 0.1) is 6.07 Å². The lowest BCUT2D eigenvalue weighted by molar-refractivity contribution is 0.0796. The van der Waals surface area contributed by atoms with Gasteiger partial charge in [-0.05, 0) is 18.9 Å². The number of carbonyl (C=O) groups is 1. The summed E-state index contributed by atoms with van der Waals surface area (Å²) in [6, 6.07) is 6.42. The molecule has 1 saturated heterocycles. The molecule has 2 heterocycles. The monoisotopic (exact) mass is 310 g/mol. The van der Waals surface area contributed by atoms with E-state index in [2.05, 4.69) is 16.4 Å². The summed E-state index contributed by atoms with van der Waals surface area (Å²) in [6.07, 6.45) is -1.29. The molecule has 1 aromatic rings. The third-order valence-corrected chi connectivity index (χ3v) is 3.28. The number of amides is 2. The number of halogens is 2. The van der Waals surface area contributed by atoms with Crippen molar-refractivity contribution in [2.24, 2.45) is 5.92 Å². The first-order valence-corrected chi connectivity index (χ1v) is 6.92. The molecule has 1 aliphatic rings. The highest BCUT2D eigenvalue weighted by Gasteiger charge is 2.22. The van der Waals surface area contributed by atoms with E-state index < -0.39 is 13.0 Å². The van der Waals surface area contributed by atoms with Crippen LogP contribution in [0.3, 0.4) is 0 Å². The SMILES string of the molecule is N#CC1CCN(C(=O)Nc2cccc(OCC(F)F)n2)CC1. The second kappa shape index (κ2) is 7.54. The molecule has 1 fully saturated rings. The van der Waals surface area contributed by atoms with E-state index in [1.54, 1.807) is 17.0 Å². The van der Waals surface area contributed by atoms with Crippen LogP contribution in [0.1, 0.15) is 12.8 Å². The number of piperidine rings is 1. The molecule has 0 radical (unpaired) electrons. The van der Waals surface area contributed by atoms with E-state index >= 15 is 0 Å². The Balaban J connectivity index is 1.89. The summed E-state index contributed by atoms with van der Waals surface area (Å²) in [6.45, 7) is 0.267. The Morgan fingerprint density at radius 1 is 1.50 bits per heavy atom. The lowest BCUT2D eigenvalue weighted by Gasteiger charge is -2.29. The van der Waals surface area contributed by atoms with Crippen molar-refractivity contribution in [2.75, 3.05) is 25.0 Å². The number of hydrogen-bond donors (Lipinski definition) is 1. The molecule has 0 saturated carbocycles. The van der Waals surface area contributed by atoms with E-state index in [-0.39, 0.29) is 23.6 Å². The zero-order valence-corrected chi connectivity index (χ0v) is 11.8. The number of nitrogens with one attached hydrogen (secondary N) is 1. The van der Waals surface area contributed by atoms with Crippen LogP contribution in [-0.2, 0) is 0 Å². The highest BCUT2D eigenvalue weighted by molar-refractivity contribution is 5.88. The van der Waals surface area contributed by atoms with Gasteiger partial charge in [0.15, 0.2) is 6.61 Å². The molecule has 1 aromatic heterocycles. The van der Waals surface area contributed by atoms with Crippen LogP contribution < -0.4 is 10.1 Å². The topological polar surface area (TPSA) is 78.2 Å². The van der Waals surface area contributed by atoms with Gasteiger partial charge in [0.1, 0.15) is 5.82 Å². The zero-order valence-electron chi connectivity index (χ0n) is 11.8. The summed E-state index contributed by atoms with van der Waals surface area (Å²) in [5.41, 5.74) is 0. The van der Waals surface area contributed by atoms with Crippen LogP contribution in [0.2, 0.25) is 0 Å². The molecule has 6 nitrogen and oxygen atoms in total. The highest BCUT2D eigenvalue weighted by atomic mass is 19.3. The van der Waals surface area contributed by atoms with E-state index in [1.165, 1.54) is 6.07 Å². The van der Waals surface area contributed by atoms with Crippen molar-refractivity contribution in [3.05, 3.63) is 18.2 Å². The van der Waals surface area contributed by atoms with Gasteiger partial charge in [0, 0.05) is 25.1 Å². The number of likely N-dealkylation sites (tertiary alicyclic amines) is 1. The molecule has 8 heteroatoms. The Hall–Kier alpha value is -2.43. The number of nitriles is 1. The van der Waals surface area contributed by atoms with Crippen molar-refractivity contribution < 1.29 is 18.3 Å².